The van der Waals surface area contributed by atoms with E-state index < -0.39 is 5.97 Å². The van der Waals surface area contributed by atoms with Gasteiger partial charge in [0.05, 0.1) is 5.56 Å². The van der Waals surface area contributed by atoms with Gasteiger partial charge >= 0.3 is 5.97 Å². The number of carboxylic acid groups (broad SMARTS) is 1. The number of carboxylic acids is 1. The van der Waals surface area contributed by atoms with Crippen LogP contribution >= 0.6 is 15.9 Å². The molecule has 21 heavy (non-hydrogen) atoms. The number of carbonyl (C=O) groups is 1. The van der Waals surface area contributed by atoms with E-state index in [1.54, 1.807) is 18.3 Å². The maximum atomic E-state index is 11.1. The lowest BCUT2D eigenvalue weighted by Gasteiger charge is -2.09. The van der Waals surface area contributed by atoms with Crippen molar-refractivity contribution >= 4 is 32.8 Å². The largest absolute Gasteiger partial charge is 0.478 e. The summed E-state index contributed by atoms with van der Waals surface area (Å²) in [5, 5.41) is 10.0. The average Bonchev–Trinajstić information content (AvgIpc) is 2.47. The molecule has 0 unspecified atom stereocenters. The van der Waals surface area contributed by atoms with Crippen molar-refractivity contribution in [3.63, 3.8) is 0 Å². The third-order valence-corrected chi connectivity index (χ3v) is 3.40. The highest BCUT2D eigenvalue weighted by Gasteiger charge is 2.09. The third kappa shape index (κ3) is 2.87. The lowest BCUT2D eigenvalue weighted by Crippen LogP contribution is -1.97. The number of aromatic nitrogens is 1. The molecule has 2 aromatic carbocycles. The first-order valence-corrected chi connectivity index (χ1v) is 6.98. The number of fused-ring (bicyclic) bond motifs is 1. The Kier molecular flexibility index (Phi) is 3.58. The zero-order chi connectivity index (χ0) is 14.8. The molecule has 1 aromatic heterocycles. The summed E-state index contributed by atoms with van der Waals surface area (Å²) in [5.74, 6) is 0.0275. The van der Waals surface area contributed by atoms with Gasteiger partial charge in [0, 0.05) is 16.1 Å². The van der Waals surface area contributed by atoms with E-state index in [4.69, 9.17) is 9.84 Å². The minimum atomic E-state index is -1.00. The Balaban J connectivity index is 2.05. The first-order chi connectivity index (χ1) is 10.1. The molecule has 104 valence electrons. The highest BCUT2D eigenvalue weighted by Crippen LogP contribution is 2.30. The van der Waals surface area contributed by atoms with Crippen LogP contribution in [0.15, 0.2) is 59.2 Å². The van der Waals surface area contributed by atoms with Crippen molar-refractivity contribution < 1.29 is 14.6 Å². The summed E-state index contributed by atoms with van der Waals surface area (Å²) in [5.41, 5.74) is 0.893. The smallest absolute Gasteiger partial charge is 0.335 e. The minimum absolute atomic E-state index is 0.160. The summed E-state index contributed by atoms with van der Waals surface area (Å²) in [4.78, 5) is 15.4. The fourth-order valence-corrected chi connectivity index (χ4v) is 2.50. The zero-order valence-electron chi connectivity index (χ0n) is 10.8. The SMILES string of the molecule is O=C(O)c1cc(Br)cc(Oc2cccc3cccnc23)c1. The Morgan fingerprint density at radius 2 is 1.95 bits per heavy atom. The van der Waals surface area contributed by atoms with Gasteiger partial charge in [0.15, 0.2) is 5.75 Å². The van der Waals surface area contributed by atoms with Gasteiger partial charge in [-0.05, 0) is 30.3 Å². The van der Waals surface area contributed by atoms with Gasteiger partial charge in [-0.1, -0.05) is 34.1 Å². The number of ether oxygens (including phenoxy) is 1. The molecule has 0 aliphatic heterocycles. The quantitative estimate of drug-likeness (QED) is 0.761. The lowest BCUT2D eigenvalue weighted by molar-refractivity contribution is 0.0696. The van der Waals surface area contributed by atoms with Gasteiger partial charge in [0.1, 0.15) is 11.3 Å². The molecule has 0 aliphatic rings. The maximum absolute atomic E-state index is 11.1. The van der Waals surface area contributed by atoms with E-state index in [0.29, 0.717) is 16.0 Å². The number of para-hydroxylation sites is 1. The van der Waals surface area contributed by atoms with Crippen molar-refractivity contribution in [1.82, 2.24) is 4.98 Å². The van der Waals surface area contributed by atoms with E-state index in [1.807, 2.05) is 24.3 Å². The van der Waals surface area contributed by atoms with E-state index in [2.05, 4.69) is 20.9 Å². The summed E-state index contributed by atoms with van der Waals surface area (Å²) < 4.78 is 6.45. The van der Waals surface area contributed by atoms with Gasteiger partial charge in [-0.3, -0.25) is 4.98 Å². The van der Waals surface area contributed by atoms with Crippen LogP contribution in [-0.2, 0) is 0 Å². The second-order valence-electron chi connectivity index (χ2n) is 4.41. The van der Waals surface area contributed by atoms with Crippen LogP contribution in [0.3, 0.4) is 0 Å². The van der Waals surface area contributed by atoms with Crippen LogP contribution in [0.4, 0.5) is 0 Å². The summed E-state index contributed by atoms with van der Waals surface area (Å²) in [7, 11) is 0. The molecule has 1 N–H and O–H groups in total. The number of halogens is 1. The van der Waals surface area contributed by atoms with Crippen LogP contribution in [0.5, 0.6) is 11.5 Å². The highest BCUT2D eigenvalue weighted by molar-refractivity contribution is 9.10. The molecule has 5 heteroatoms. The van der Waals surface area contributed by atoms with Crippen molar-refractivity contribution in [3.8, 4) is 11.5 Å². The Morgan fingerprint density at radius 1 is 1.14 bits per heavy atom. The first-order valence-electron chi connectivity index (χ1n) is 6.19. The monoisotopic (exact) mass is 343 g/mol. The summed E-state index contributed by atoms with van der Waals surface area (Å²) >= 11 is 3.29. The molecule has 4 nitrogen and oxygen atoms in total. The number of nitrogens with zero attached hydrogens (tertiary/aromatic N) is 1. The molecule has 0 amide bonds. The molecule has 0 bridgehead atoms. The van der Waals surface area contributed by atoms with Gasteiger partial charge < -0.3 is 9.84 Å². The predicted molar refractivity (Wildman–Crippen MR) is 82.9 cm³/mol. The van der Waals surface area contributed by atoms with E-state index >= 15 is 0 Å². The molecule has 0 atom stereocenters. The summed E-state index contributed by atoms with van der Waals surface area (Å²) in [6, 6.07) is 14.1. The van der Waals surface area contributed by atoms with Crippen LogP contribution in [0.25, 0.3) is 10.9 Å². The van der Waals surface area contributed by atoms with Crippen molar-refractivity contribution in [2.45, 2.75) is 0 Å². The highest BCUT2D eigenvalue weighted by atomic mass is 79.9. The van der Waals surface area contributed by atoms with Crippen molar-refractivity contribution in [1.29, 1.82) is 0 Å². The topological polar surface area (TPSA) is 59.4 Å². The molecule has 0 fully saturated rings. The van der Waals surface area contributed by atoms with Crippen molar-refractivity contribution in [2.75, 3.05) is 0 Å². The molecule has 3 rings (SSSR count). The van der Waals surface area contributed by atoms with Crippen molar-refractivity contribution in [3.05, 3.63) is 64.8 Å². The van der Waals surface area contributed by atoms with Crippen LogP contribution < -0.4 is 4.74 Å². The molecule has 3 aromatic rings. The van der Waals surface area contributed by atoms with Crippen LogP contribution in [0.2, 0.25) is 0 Å². The van der Waals surface area contributed by atoms with E-state index in [0.717, 1.165) is 10.9 Å². The predicted octanol–water partition coefficient (Wildman–Crippen LogP) is 4.49. The Labute approximate surface area is 129 Å². The minimum Gasteiger partial charge on any atom is -0.478 e. The Bertz CT molecular complexity index is 827. The third-order valence-electron chi connectivity index (χ3n) is 2.94. The van der Waals surface area contributed by atoms with Crippen molar-refractivity contribution in [2.24, 2.45) is 0 Å². The van der Waals surface area contributed by atoms with Crippen LogP contribution in [-0.4, -0.2) is 16.1 Å². The number of hydrogen-bond donors (Lipinski definition) is 1. The molecular formula is C16H10BrNO3. The van der Waals surface area contributed by atoms with Crippen LogP contribution in [0, 0.1) is 0 Å². The molecule has 0 radical (unpaired) electrons. The van der Waals surface area contributed by atoms with E-state index in [-0.39, 0.29) is 5.56 Å². The van der Waals surface area contributed by atoms with E-state index in [9.17, 15) is 4.79 Å². The van der Waals surface area contributed by atoms with Gasteiger partial charge in [-0.15, -0.1) is 0 Å². The van der Waals surface area contributed by atoms with Gasteiger partial charge in [-0.25, -0.2) is 4.79 Å². The van der Waals surface area contributed by atoms with E-state index in [1.165, 1.54) is 12.1 Å². The molecule has 0 aliphatic carbocycles. The number of pyridine rings is 1. The molecule has 0 saturated heterocycles. The lowest BCUT2D eigenvalue weighted by atomic mass is 10.2. The molecular weight excluding hydrogens is 334 g/mol. The number of benzene rings is 2. The molecule has 1 heterocycles. The zero-order valence-corrected chi connectivity index (χ0v) is 12.4. The Morgan fingerprint density at radius 3 is 2.76 bits per heavy atom. The van der Waals surface area contributed by atoms with Gasteiger partial charge in [0.25, 0.3) is 0 Å². The molecule has 0 spiro atoms. The summed E-state index contributed by atoms with van der Waals surface area (Å²) in [6.45, 7) is 0. The second-order valence-corrected chi connectivity index (χ2v) is 5.33. The fourth-order valence-electron chi connectivity index (χ4n) is 2.03. The van der Waals surface area contributed by atoms with Gasteiger partial charge in [0.2, 0.25) is 0 Å². The van der Waals surface area contributed by atoms with Gasteiger partial charge in [-0.2, -0.15) is 0 Å². The first kappa shape index (κ1) is 13.6. The second kappa shape index (κ2) is 5.54. The maximum Gasteiger partial charge on any atom is 0.335 e. The Hall–Kier alpha value is -2.40. The number of aromatic carboxylic acids is 1. The standard InChI is InChI=1S/C16H10BrNO3/c17-12-7-11(16(19)20)8-13(9-12)21-14-5-1-3-10-4-2-6-18-15(10)14/h1-9H,(H,19,20). The summed E-state index contributed by atoms with van der Waals surface area (Å²) in [6.07, 6.45) is 1.69. The normalized spacial score (nSPS) is 10.5. The molecule has 0 saturated carbocycles. The van der Waals surface area contributed by atoms with Crippen LogP contribution in [0.1, 0.15) is 10.4 Å². The number of rotatable bonds is 3. The number of hydrogen-bond acceptors (Lipinski definition) is 3. The average molecular weight is 344 g/mol. The fraction of sp³-hybridized carbons (Fsp3) is 0.